The summed E-state index contributed by atoms with van der Waals surface area (Å²) in [5.41, 5.74) is 7.71. The molecule has 72 valence electrons. The lowest BCUT2D eigenvalue weighted by Crippen LogP contribution is -2.14. The van der Waals surface area contributed by atoms with Crippen LogP contribution in [-0.4, -0.2) is 12.3 Å². The van der Waals surface area contributed by atoms with Gasteiger partial charge in [0.15, 0.2) is 5.78 Å². The number of carbonyl (C=O) groups is 1. The smallest absolute Gasteiger partial charge is 0.176 e. The third-order valence-corrected chi connectivity index (χ3v) is 2.29. The van der Waals surface area contributed by atoms with E-state index in [4.69, 9.17) is 10.2 Å². The van der Waals surface area contributed by atoms with E-state index in [-0.39, 0.29) is 12.3 Å². The van der Waals surface area contributed by atoms with Gasteiger partial charge in [0, 0.05) is 10.9 Å². The summed E-state index contributed by atoms with van der Waals surface area (Å²) in [6, 6.07) is 5.52. The van der Waals surface area contributed by atoms with Crippen LogP contribution in [0.4, 0.5) is 0 Å². The number of hydrogen-bond donors (Lipinski definition) is 1. The quantitative estimate of drug-likeness (QED) is 0.734. The maximum absolute atomic E-state index is 11.4. The van der Waals surface area contributed by atoms with E-state index < -0.39 is 0 Å². The van der Waals surface area contributed by atoms with E-state index in [2.05, 4.69) is 0 Å². The molecule has 0 saturated carbocycles. The van der Waals surface area contributed by atoms with Gasteiger partial charge >= 0.3 is 0 Å². The molecule has 3 nitrogen and oxygen atoms in total. The maximum atomic E-state index is 11.4. The minimum Gasteiger partial charge on any atom is -0.464 e. The number of nitrogens with two attached hydrogens (primary N) is 1. The molecule has 2 rings (SSSR count). The molecule has 14 heavy (non-hydrogen) atoms. The molecule has 1 aromatic carbocycles. The van der Waals surface area contributed by atoms with Crippen LogP contribution in [0.5, 0.6) is 0 Å². The molecule has 0 aliphatic rings. The molecule has 0 aliphatic heterocycles. The summed E-state index contributed by atoms with van der Waals surface area (Å²) in [6.07, 6.45) is 1.61. The van der Waals surface area contributed by atoms with Crippen LogP contribution in [0.2, 0.25) is 0 Å². The third-order valence-electron chi connectivity index (χ3n) is 2.29. The highest BCUT2D eigenvalue weighted by atomic mass is 16.3. The summed E-state index contributed by atoms with van der Waals surface area (Å²) >= 11 is 0. The summed E-state index contributed by atoms with van der Waals surface area (Å²) in [5.74, 6) is -0.0365. The molecule has 2 N–H and O–H groups in total. The standard InChI is InChI=1S/C11H11NO2/c1-7-4-11-8(2-3-14-11)5-9(7)10(13)6-12/h2-5H,6,12H2,1H3. The van der Waals surface area contributed by atoms with E-state index >= 15 is 0 Å². The Morgan fingerprint density at radius 2 is 2.29 bits per heavy atom. The number of ketones is 1. The molecule has 1 aromatic heterocycles. The van der Waals surface area contributed by atoms with Crippen LogP contribution < -0.4 is 5.73 Å². The van der Waals surface area contributed by atoms with Crippen LogP contribution in [-0.2, 0) is 0 Å². The first-order valence-corrected chi connectivity index (χ1v) is 4.43. The first-order chi connectivity index (χ1) is 6.72. The van der Waals surface area contributed by atoms with Crippen molar-refractivity contribution in [2.24, 2.45) is 5.73 Å². The number of Topliss-reactive ketones (excluding diaryl/α,β-unsaturated/α-hetero) is 1. The van der Waals surface area contributed by atoms with E-state index in [1.54, 1.807) is 6.26 Å². The molecule has 0 spiro atoms. The molecule has 0 saturated heterocycles. The molecule has 0 bridgehead atoms. The van der Waals surface area contributed by atoms with Crippen LogP contribution in [0.1, 0.15) is 15.9 Å². The van der Waals surface area contributed by atoms with Gasteiger partial charge in [-0.25, -0.2) is 0 Å². The second-order valence-electron chi connectivity index (χ2n) is 3.25. The van der Waals surface area contributed by atoms with Crippen molar-refractivity contribution < 1.29 is 9.21 Å². The fourth-order valence-electron chi connectivity index (χ4n) is 1.52. The summed E-state index contributed by atoms with van der Waals surface area (Å²) in [5, 5.41) is 0.937. The second kappa shape index (κ2) is 3.27. The fraction of sp³-hybridized carbons (Fsp3) is 0.182. The van der Waals surface area contributed by atoms with Crippen LogP contribution in [0.3, 0.4) is 0 Å². The maximum Gasteiger partial charge on any atom is 0.176 e. The monoisotopic (exact) mass is 189 g/mol. The van der Waals surface area contributed by atoms with Crippen molar-refractivity contribution in [1.29, 1.82) is 0 Å². The first kappa shape index (κ1) is 8.97. The van der Waals surface area contributed by atoms with Crippen LogP contribution in [0.15, 0.2) is 28.9 Å². The Hall–Kier alpha value is -1.61. The fourth-order valence-corrected chi connectivity index (χ4v) is 1.52. The number of rotatable bonds is 2. The normalized spacial score (nSPS) is 10.7. The number of furan rings is 1. The Kier molecular flexibility index (Phi) is 2.09. The van der Waals surface area contributed by atoms with Crippen LogP contribution >= 0.6 is 0 Å². The average Bonchev–Trinajstić information content (AvgIpc) is 2.62. The van der Waals surface area contributed by atoms with Crippen molar-refractivity contribution in [2.75, 3.05) is 6.54 Å². The lowest BCUT2D eigenvalue weighted by Gasteiger charge is -2.02. The minimum absolute atomic E-state index is 0.0365. The highest BCUT2D eigenvalue weighted by Crippen LogP contribution is 2.20. The number of aryl methyl sites for hydroxylation is 1. The van der Waals surface area contributed by atoms with Crippen molar-refractivity contribution >= 4 is 16.8 Å². The van der Waals surface area contributed by atoms with E-state index in [1.807, 2.05) is 25.1 Å². The average molecular weight is 189 g/mol. The van der Waals surface area contributed by atoms with E-state index in [0.717, 1.165) is 16.5 Å². The molecule has 0 radical (unpaired) electrons. The van der Waals surface area contributed by atoms with Gasteiger partial charge in [0.1, 0.15) is 5.58 Å². The molecule has 1 heterocycles. The van der Waals surface area contributed by atoms with Gasteiger partial charge < -0.3 is 10.2 Å². The lowest BCUT2D eigenvalue weighted by atomic mass is 10.0. The van der Waals surface area contributed by atoms with Gasteiger partial charge in [-0.3, -0.25) is 4.79 Å². The zero-order chi connectivity index (χ0) is 10.1. The van der Waals surface area contributed by atoms with Crippen molar-refractivity contribution in [3.63, 3.8) is 0 Å². The second-order valence-corrected chi connectivity index (χ2v) is 3.25. The molecule has 3 heteroatoms. The zero-order valence-electron chi connectivity index (χ0n) is 7.91. The van der Waals surface area contributed by atoms with Crippen molar-refractivity contribution in [2.45, 2.75) is 6.92 Å². The topological polar surface area (TPSA) is 56.2 Å². The van der Waals surface area contributed by atoms with Gasteiger partial charge in [0.2, 0.25) is 0 Å². The Balaban J connectivity index is 2.64. The van der Waals surface area contributed by atoms with E-state index in [9.17, 15) is 4.79 Å². The molecule has 2 aromatic rings. The van der Waals surface area contributed by atoms with Crippen molar-refractivity contribution in [3.05, 3.63) is 35.6 Å². The largest absolute Gasteiger partial charge is 0.464 e. The highest BCUT2D eigenvalue weighted by Gasteiger charge is 2.09. The van der Waals surface area contributed by atoms with Gasteiger partial charge in [-0.2, -0.15) is 0 Å². The first-order valence-electron chi connectivity index (χ1n) is 4.43. The van der Waals surface area contributed by atoms with Crippen molar-refractivity contribution in [3.8, 4) is 0 Å². The number of carbonyl (C=O) groups excluding carboxylic acids is 1. The van der Waals surface area contributed by atoms with Gasteiger partial charge in [0.05, 0.1) is 12.8 Å². The molecule has 0 fully saturated rings. The number of benzene rings is 1. The number of hydrogen-bond acceptors (Lipinski definition) is 3. The molecule has 0 amide bonds. The molecular weight excluding hydrogens is 178 g/mol. The Morgan fingerprint density at radius 3 is 3.00 bits per heavy atom. The zero-order valence-corrected chi connectivity index (χ0v) is 7.91. The molecule has 0 aliphatic carbocycles. The minimum atomic E-state index is -0.0365. The van der Waals surface area contributed by atoms with Gasteiger partial charge in [0.25, 0.3) is 0 Å². The molecule has 0 unspecified atom stereocenters. The Labute approximate surface area is 81.5 Å². The van der Waals surface area contributed by atoms with Gasteiger partial charge in [-0.15, -0.1) is 0 Å². The Bertz CT molecular complexity index is 485. The summed E-state index contributed by atoms with van der Waals surface area (Å²) in [7, 11) is 0. The highest BCUT2D eigenvalue weighted by molar-refractivity contribution is 6.01. The molecular formula is C11H11NO2. The van der Waals surface area contributed by atoms with Crippen LogP contribution in [0, 0.1) is 6.92 Å². The third kappa shape index (κ3) is 1.32. The molecule has 0 atom stereocenters. The SMILES string of the molecule is Cc1cc2occc2cc1C(=O)CN. The van der Waals surface area contributed by atoms with Crippen LogP contribution in [0.25, 0.3) is 11.0 Å². The van der Waals surface area contributed by atoms with E-state index in [0.29, 0.717) is 5.56 Å². The van der Waals surface area contributed by atoms with Crippen molar-refractivity contribution in [1.82, 2.24) is 0 Å². The summed E-state index contributed by atoms with van der Waals surface area (Å²) in [6.45, 7) is 1.93. The predicted octanol–water partition coefficient (Wildman–Crippen LogP) is 1.88. The summed E-state index contributed by atoms with van der Waals surface area (Å²) < 4.78 is 5.22. The van der Waals surface area contributed by atoms with E-state index in [1.165, 1.54) is 0 Å². The number of fused-ring (bicyclic) bond motifs is 1. The predicted molar refractivity (Wildman–Crippen MR) is 54.3 cm³/mol. The Morgan fingerprint density at radius 1 is 1.50 bits per heavy atom. The lowest BCUT2D eigenvalue weighted by molar-refractivity contribution is 0.100. The van der Waals surface area contributed by atoms with Gasteiger partial charge in [-0.05, 0) is 30.7 Å². The summed E-state index contributed by atoms with van der Waals surface area (Å²) in [4.78, 5) is 11.4. The van der Waals surface area contributed by atoms with Gasteiger partial charge in [-0.1, -0.05) is 0 Å².